The van der Waals surface area contributed by atoms with E-state index in [1.807, 2.05) is 0 Å². The van der Waals surface area contributed by atoms with Gasteiger partial charge in [-0.25, -0.2) is 19.2 Å². The Balaban J connectivity index is 0.000000800. The number of esters is 4. The normalized spacial score (nSPS) is 10.4. The summed E-state index contributed by atoms with van der Waals surface area (Å²) in [6.07, 6.45) is -1.18. The fourth-order valence-electron chi connectivity index (χ4n) is 10.7. The lowest BCUT2D eigenvalue weighted by Gasteiger charge is -2.09. The number of benzene rings is 10. The first-order valence-electron chi connectivity index (χ1n) is 43.1. The number of hydrogen-bond donors (Lipinski definition) is 29. The van der Waals surface area contributed by atoms with Crippen molar-refractivity contribution in [3.63, 3.8) is 0 Å². The summed E-state index contributed by atoms with van der Waals surface area (Å²) in [6, 6.07) is 22.5. The summed E-state index contributed by atoms with van der Waals surface area (Å²) < 4.78 is 19.4. The van der Waals surface area contributed by atoms with Crippen molar-refractivity contribution in [3.05, 3.63) is 183 Å². The maximum atomic E-state index is 11.6. The fraction of sp³-hybridized carbons (Fsp3) is 0.307. The van der Waals surface area contributed by atoms with Crippen molar-refractivity contribution in [2.24, 2.45) is 35.5 Å². The molecule has 0 aliphatic heterocycles. The highest BCUT2D eigenvalue weighted by Gasteiger charge is 2.26. The molecule has 43 heteroatoms. The summed E-state index contributed by atoms with van der Waals surface area (Å²) >= 11 is 0. The van der Waals surface area contributed by atoms with Crippen molar-refractivity contribution in [1.82, 2.24) is 0 Å². The molecule has 0 saturated heterocycles. The number of carbonyl (C=O) groups is 10. The second-order valence-corrected chi connectivity index (χ2v) is 33.9. The number of rotatable bonds is 20. The summed E-state index contributed by atoms with van der Waals surface area (Å²) in [7, 11) is 0. The highest BCUT2D eigenvalue weighted by molar-refractivity contribution is 6.02. The van der Waals surface area contributed by atoms with Crippen LogP contribution in [0.3, 0.4) is 0 Å². The van der Waals surface area contributed by atoms with E-state index in [0.29, 0.717) is 11.1 Å². The molecule has 0 fully saturated rings. The molecule has 784 valence electrons. The molecule has 0 unspecified atom stereocenters. The largest absolute Gasteiger partial charge is 0.504 e. The van der Waals surface area contributed by atoms with Gasteiger partial charge >= 0.3 is 23.9 Å². The van der Waals surface area contributed by atoms with E-state index in [1.165, 1.54) is 6.07 Å². The number of phenolic OH excluding ortho intramolecular Hbond substituents is 29. The van der Waals surface area contributed by atoms with Gasteiger partial charge in [-0.2, -0.15) is 0 Å². The molecule has 10 aromatic rings. The van der Waals surface area contributed by atoms with Crippen LogP contribution in [0.1, 0.15) is 248 Å². The minimum absolute atomic E-state index is 0.0171. The summed E-state index contributed by atoms with van der Waals surface area (Å²) in [5.74, 6) is -20.4. The van der Waals surface area contributed by atoms with Crippen molar-refractivity contribution >= 4 is 58.6 Å². The van der Waals surface area contributed by atoms with Gasteiger partial charge in [-0.3, -0.25) is 28.8 Å². The molecule has 0 heterocycles. The average molecular weight is 2020 g/mol. The third kappa shape index (κ3) is 38.2. The molecule has 0 amide bonds. The molecule has 0 radical (unpaired) electrons. The Morgan fingerprint density at radius 1 is 0.153 bits per heavy atom. The minimum atomic E-state index is -0.671. The van der Waals surface area contributed by atoms with Crippen molar-refractivity contribution in [2.75, 3.05) is 0 Å². The zero-order valence-electron chi connectivity index (χ0n) is 82.0. The molecule has 29 N–H and O–H groups in total. The number of hydrogen-bond acceptors (Lipinski definition) is 43. The van der Waals surface area contributed by atoms with Crippen molar-refractivity contribution in [3.8, 4) is 167 Å². The monoisotopic (exact) mass is 2020 g/mol. The molecular weight excluding hydrogens is 1900 g/mol. The number of phenols is 29. The molecule has 10 aromatic carbocycles. The van der Waals surface area contributed by atoms with E-state index in [-0.39, 0.29) is 156 Å². The topological polar surface area (TPSA) is 794 Å². The zero-order chi connectivity index (χ0) is 112. The van der Waals surface area contributed by atoms with E-state index in [0.717, 1.165) is 109 Å². The molecule has 0 atom stereocenters. The van der Waals surface area contributed by atoms with Crippen LogP contribution < -0.4 is 0 Å². The van der Waals surface area contributed by atoms with E-state index in [1.54, 1.807) is 151 Å². The highest BCUT2D eigenvalue weighted by atomic mass is 16.6. The summed E-state index contributed by atoms with van der Waals surface area (Å²) in [5.41, 5.74) is 1.82. The van der Waals surface area contributed by atoms with E-state index in [9.17, 15) is 58.2 Å². The Labute approximate surface area is 824 Å². The molecule has 10 rings (SSSR count). The third-order valence-corrected chi connectivity index (χ3v) is 18.1. The standard InChI is InChI=1S/C11H14O3.4C10H12O5.5C10H12O4/c1-6(2)10(13)8-4-7(3)11(14)9(12)5-8;4*1-5(2)15-10(14)6-3-7(11)9(13)8(12)4-6;5*1-5(2)9(13)6-3-7(11)10(14)8(12)4-6/h4-6,12,14H,1-3H3;4*3-5,11-13H,1-2H3;5*3-5,11-12,14H,1-2H3. The van der Waals surface area contributed by atoms with Gasteiger partial charge < -0.3 is 167 Å². The predicted molar refractivity (Wildman–Crippen MR) is 515 cm³/mol. The first kappa shape index (κ1) is 124. The van der Waals surface area contributed by atoms with E-state index >= 15 is 0 Å². The van der Waals surface area contributed by atoms with Crippen LogP contribution in [0.4, 0.5) is 0 Å². The number of aryl methyl sites for hydroxylation is 1. The van der Waals surface area contributed by atoms with Crippen molar-refractivity contribution < 1.29 is 215 Å². The first-order valence-corrected chi connectivity index (χ1v) is 43.1. The van der Waals surface area contributed by atoms with Crippen LogP contribution in [-0.4, -0.2) is 231 Å². The van der Waals surface area contributed by atoms with Gasteiger partial charge in [0.15, 0.2) is 201 Å². The second-order valence-electron chi connectivity index (χ2n) is 33.9. The van der Waals surface area contributed by atoms with Crippen LogP contribution in [0.15, 0.2) is 121 Å². The lowest BCUT2D eigenvalue weighted by Crippen LogP contribution is -2.11. The first-order chi connectivity index (χ1) is 66.2. The number of Topliss-reactive ketones (excluding diaryl/α,β-unsaturated/α-hetero) is 6. The molecule has 0 aliphatic carbocycles. The van der Waals surface area contributed by atoms with Gasteiger partial charge in [0.25, 0.3) is 0 Å². The van der Waals surface area contributed by atoms with Gasteiger partial charge in [-0.15, -0.1) is 0 Å². The summed E-state index contributed by atoms with van der Waals surface area (Å²) in [5, 5.41) is 265. The molecule has 0 bridgehead atoms. The van der Waals surface area contributed by atoms with Gasteiger partial charge in [-0.1, -0.05) is 83.1 Å². The predicted octanol–water partition coefficient (Wildman–Crippen LogP) is 15.9. The second kappa shape index (κ2) is 55.8. The molecule has 43 nitrogen and oxygen atoms in total. The lowest BCUT2D eigenvalue weighted by molar-refractivity contribution is 0.0366. The van der Waals surface area contributed by atoms with E-state index in [2.05, 4.69) is 0 Å². The lowest BCUT2D eigenvalue weighted by atomic mass is 9.99. The fourth-order valence-corrected chi connectivity index (χ4v) is 10.7. The number of ketones is 6. The zero-order valence-corrected chi connectivity index (χ0v) is 82.0. The van der Waals surface area contributed by atoms with Crippen LogP contribution in [-0.2, 0) is 18.9 Å². The highest BCUT2D eigenvalue weighted by Crippen LogP contribution is 2.44. The Morgan fingerprint density at radius 2 is 0.243 bits per heavy atom. The van der Waals surface area contributed by atoms with Crippen LogP contribution >= 0.6 is 0 Å². The van der Waals surface area contributed by atoms with Crippen LogP contribution in [0.2, 0.25) is 0 Å². The van der Waals surface area contributed by atoms with Gasteiger partial charge in [0, 0.05) is 68.9 Å². The molecule has 0 saturated carbocycles. The van der Waals surface area contributed by atoms with Crippen LogP contribution in [0.25, 0.3) is 0 Å². The average Bonchev–Trinajstić information content (AvgIpc) is 0.837. The van der Waals surface area contributed by atoms with Crippen molar-refractivity contribution in [2.45, 2.75) is 170 Å². The molecule has 0 spiro atoms. The molecule has 0 aliphatic rings. The Hall–Kier alpha value is -17.7. The quantitative estimate of drug-likeness (QED) is 0.0146. The van der Waals surface area contributed by atoms with E-state index < -0.39 is 179 Å². The van der Waals surface area contributed by atoms with Crippen LogP contribution in [0.5, 0.6) is 167 Å². The minimum Gasteiger partial charge on any atom is -0.504 e. The van der Waals surface area contributed by atoms with E-state index in [4.69, 9.17) is 157 Å². The van der Waals surface area contributed by atoms with Gasteiger partial charge in [-0.05, 0) is 189 Å². The van der Waals surface area contributed by atoms with Crippen molar-refractivity contribution in [1.29, 1.82) is 0 Å². The molecule has 0 aromatic heterocycles. The maximum absolute atomic E-state index is 11.6. The van der Waals surface area contributed by atoms with Crippen LogP contribution in [0, 0.1) is 42.4 Å². The van der Waals surface area contributed by atoms with Gasteiger partial charge in [0.1, 0.15) is 0 Å². The summed E-state index contributed by atoms with van der Waals surface area (Å²) in [6.45, 7) is 35.8. The maximum Gasteiger partial charge on any atom is 0.338 e. The number of carbonyl (C=O) groups excluding carboxylic acids is 10. The Bertz CT molecular complexity index is 5110. The summed E-state index contributed by atoms with van der Waals surface area (Å²) in [4.78, 5) is 114. The SMILES string of the molecule is CC(C)C(=O)c1cc(O)c(O)c(O)c1.CC(C)C(=O)c1cc(O)c(O)c(O)c1.CC(C)C(=O)c1cc(O)c(O)c(O)c1.CC(C)C(=O)c1cc(O)c(O)c(O)c1.CC(C)C(=O)c1cc(O)c(O)c(O)c1.CC(C)OC(=O)c1cc(O)c(O)c(O)c1.CC(C)OC(=O)c1cc(O)c(O)c(O)c1.CC(C)OC(=O)c1cc(O)c(O)c(O)c1.CC(C)OC(=O)c1cc(O)c(O)c(O)c1.Cc1cc(C(=O)C(C)C)cc(O)c1O. The molecular formula is C101H122O43. The Kier molecular flexibility index (Phi) is 48.2. The third-order valence-electron chi connectivity index (χ3n) is 18.1. The van der Waals surface area contributed by atoms with Gasteiger partial charge in [0.2, 0.25) is 0 Å². The smallest absolute Gasteiger partial charge is 0.338 e. The number of aromatic hydroxyl groups is 29. The number of ether oxygens (including phenoxy) is 4. The Morgan fingerprint density at radius 3 is 0.333 bits per heavy atom. The molecule has 144 heavy (non-hydrogen) atoms. The van der Waals surface area contributed by atoms with Gasteiger partial charge in [0.05, 0.1) is 46.7 Å².